The van der Waals surface area contributed by atoms with Crippen LogP contribution in [0, 0.1) is 11.7 Å². The predicted molar refractivity (Wildman–Crippen MR) is 181 cm³/mol. The minimum absolute atomic E-state index is 0.147. The largest absolute Gasteiger partial charge is 0.444 e. The maximum absolute atomic E-state index is 14.2. The SMILES string of the molecule is C[C@@H](NC(=O)O[C@@H]1C[C@H]2C(=O)N[C@@]3(C(=O)NS(=O)(=O)C4CC4)C[C@@H]3/C=C\CCCCC[C@H](NC(=O)OC(C)(C)C)C(=O)N2C1)c1ccc(F)cn1. The Bertz CT molecular complexity index is 1650. The van der Waals surface area contributed by atoms with Crippen LogP contribution in [0.3, 0.4) is 0 Å². The van der Waals surface area contributed by atoms with Crippen molar-refractivity contribution in [3.05, 3.63) is 42.0 Å². The van der Waals surface area contributed by atoms with Gasteiger partial charge in [0.25, 0.3) is 5.91 Å². The van der Waals surface area contributed by atoms with E-state index in [9.17, 15) is 36.8 Å². The molecule has 6 atom stereocenters. The summed E-state index contributed by atoms with van der Waals surface area (Å²) in [5, 5.41) is 7.37. The minimum Gasteiger partial charge on any atom is -0.444 e. The van der Waals surface area contributed by atoms with Gasteiger partial charge in [0.2, 0.25) is 21.8 Å². The van der Waals surface area contributed by atoms with E-state index in [1.54, 1.807) is 33.8 Å². The second-order valence-electron chi connectivity index (χ2n) is 14.7. The number of nitrogens with zero attached hydrogens (tertiary/aromatic N) is 2. The summed E-state index contributed by atoms with van der Waals surface area (Å²) >= 11 is 0. The molecule has 0 radical (unpaired) electrons. The molecule has 51 heavy (non-hydrogen) atoms. The second kappa shape index (κ2) is 15.1. The molecule has 0 bridgehead atoms. The molecule has 17 heteroatoms. The van der Waals surface area contributed by atoms with Gasteiger partial charge in [-0.3, -0.25) is 24.1 Å². The van der Waals surface area contributed by atoms with Gasteiger partial charge in [-0.2, -0.15) is 0 Å². The summed E-state index contributed by atoms with van der Waals surface area (Å²) in [6.07, 6.45) is 5.89. The van der Waals surface area contributed by atoms with E-state index in [1.165, 1.54) is 17.0 Å². The Morgan fingerprint density at radius 3 is 2.51 bits per heavy atom. The summed E-state index contributed by atoms with van der Waals surface area (Å²) in [5.41, 5.74) is -2.03. The first-order valence-electron chi connectivity index (χ1n) is 17.4. The van der Waals surface area contributed by atoms with Gasteiger partial charge < -0.3 is 30.3 Å². The van der Waals surface area contributed by atoms with Crippen molar-refractivity contribution in [3.8, 4) is 0 Å². The van der Waals surface area contributed by atoms with Crippen LogP contribution in [0.15, 0.2) is 30.5 Å². The first-order valence-corrected chi connectivity index (χ1v) is 19.0. The van der Waals surface area contributed by atoms with E-state index < -0.39 is 92.3 Å². The zero-order valence-electron chi connectivity index (χ0n) is 29.3. The third-order valence-corrected chi connectivity index (χ3v) is 11.2. The highest BCUT2D eigenvalue weighted by atomic mass is 32.2. The van der Waals surface area contributed by atoms with E-state index in [4.69, 9.17) is 9.47 Å². The van der Waals surface area contributed by atoms with Gasteiger partial charge in [-0.1, -0.05) is 25.0 Å². The lowest BCUT2D eigenvalue weighted by molar-refractivity contribution is -0.141. The van der Waals surface area contributed by atoms with Crippen LogP contribution in [0.4, 0.5) is 14.0 Å². The summed E-state index contributed by atoms with van der Waals surface area (Å²) < 4.78 is 52.0. The fraction of sp³-hybridized carbons (Fsp3) is 0.647. The summed E-state index contributed by atoms with van der Waals surface area (Å²) in [4.78, 5) is 72.9. The van der Waals surface area contributed by atoms with Crippen LogP contribution in [0.1, 0.15) is 97.2 Å². The molecule has 5 amide bonds. The number of pyridine rings is 1. The van der Waals surface area contributed by atoms with Crippen molar-refractivity contribution in [1.29, 1.82) is 0 Å². The van der Waals surface area contributed by atoms with E-state index in [0.29, 0.717) is 37.8 Å². The maximum atomic E-state index is 14.2. The van der Waals surface area contributed by atoms with E-state index in [-0.39, 0.29) is 25.8 Å². The lowest BCUT2D eigenvalue weighted by Crippen LogP contribution is -2.58. The Kier molecular flexibility index (Phi) is 11.3. The van der Waals surface area contributed by atoms with Gasteiger partial charge in [-0.05, 0) is 78.4 Å². The molecule has 3 fully saturated rings. The number of allylic oxidation sites excluding steroid dienone is 1. The van der Waals surface area contributed by atoms with Gasteiger partial charge in [0.05, 0.1) is 29.7 Å². The molecule has 1 aromatic heterocycles. The number of nitrogens with one attached hydrogen (secondary N) is 4. The molecule has 5 rings (SSSR count). The first kappa shape index (κ1) is 38.0. The molecule has 2 saturated carbocycles. The molecule has 3 heterocycles. The quantitative estimate of drug-likeness (QED) is 0.302. The van der Waals surface area contributed by atoms with Crippen molar-refractivity contribution in [3.63, 3.8) is 0 Å². The monoisotopic (exact) mass is 734 g/mol. The van der Waals surface area contributed by atoms with Crippen LogP contribution in [-0.2, 0) is 33.9 Å². The highest BCUT2D eigenvalue weighted by Crippen LogP contribution is 2.46. The van der Waals surface area contributed by atoms with Gasteiger partial charge in [0.1, 0.15) is 35.1 Å². The van der Waals surface area contributed by atoms with Crippen molar-refractivity contribution >= 4 is 39.9 Å². The molecule has 0 aromatic carbocycles. The second-order valence-corrected chi connectivity index (χ2v) is 16.7. The third-order valence-electron chi connectivity index (χ3n) is 9.34. The molecule has 1 saturated heterocycles. The number of rotatable bonds is 7. The van der Waals surface area contributed by atoms with Crippen LogP contribution < -0.4 is 20.7 Å². The van der Waals surface area contributed by atoms with Gasteiger partial charge in [0.15, 0.2) is 0 Å². The minimum atomic E-state index is -3.92. The molecular formula is C34H47FN6O9S. The van der Waals surface area contributed by atoms with Crippen LogP contribution in [0.25, 0.3) is 0 Å². The molecule has 1 aromatic rings. The number of aromatic nitrogens is 1. The number of halogens is 1. The Balaban J connectivity index is 1.39. The average Bonchev–Trinajstić information content (AvgIpc) is 3.96. The Labute approximate surface area is 296 Å². The number of sulfonamides is 1. The fourth-order valence-corrected chi connectivity index (χ4v) is 7.74. The normalized spacial score (nSPS) is 28.4. The molecule has 2 aliphatic carbocycles. The zero-order valence-corrected chi connectivity index (χ0v) is 30.1. The lowest BCUT2D eigenvalue weighted by Gasteiger charge is -2.30. The molecule has 280 valence electrons. The maximum Gasteiger partial charge on any atom is 0.408 e. The number of ether oxygens (including phenoxy) is 2. The number of carbonyl (C=O) groups is 5. The molecular weight excluding hydrogens is 687 g/mol. The summed E-state index contributed by atoms with van der Waals surface area (Å²) in [7, 11) is -3.92. The van der Waals surface area contributed by atoms with E-state index in [1.807, 2.05) is 6.08 Å². The Morgan fingerprint density at radius 1 is 1.10 bits per heavy atom. The molecule has 15 nitrogen and oxygen atoms in total. The number of amides is 5. The summed E-state index contributed by atoms with van der Waals surface area (Å²) in [5.74, 6) is -3.21. The molecule has 0 spiro atoms. The van der Waals surface area contributed by atoms with E-state index >= 15 is 0 Å². The van der Waals surface area contributed by atoms with Gasteiger partial charge in [-0.15, -0.1) is 0 Å². The number of hydrogen-bond acceptors (Lipinski definition) is 10. The number of hydrogen-bond donors (Lipinski definition) is 4. The van der Waals surface area contributed by atoms with Gasteiger partial charge in [-0.25, -0.2) is 22.4 Å². The summed E-state index contributed by atoms with van der Waals surface area (Å²) in [6.45, 7) is 6.47. The molecule has 2 aliphatic heterocycles. The highest BCUT2D eigenvalue weighted by molar-refractivity contribution is 7.91. The zero-order chi connectivity index (χ0) is 37.1. The van der Waals surface area contributed by atoms with Crippen molar-refractivity contribution < 1.29 is 46.3 Å². The molecule has 0 unspecified atom stereocenters. The van der Waals surface area contributed by atoms with E-state index in [0.717, 1.165) is 12.6 Å². The highest BCUT2D eigenvalue weighted by Gasteiger charge is 2.62. The third kappa shape index (κ3) is 9.74. The topological polar surface area (TPSA) is 202 Å². The predicted octanol–water partition coefficient (Wildman–Crippen LogP) is 2.87. The van der Waals surface area contributed by atoms with Crippen molar-refractivity contribution in [2.75, 3.05) is 6.54 Å². The van der Waals surface area contributed by atoms with Crippen LogP contribution in [-0.4, -0.2) is 89.3 Å². The van der Waals surface area contributed by atoms with Crippen molar-refractivity contribution in [2.45, 2.75) is 126 Å². The van der Waals surface area contributed by atoms with Crippen molar-refractivity contribution in [2.24, 2.45) is 5.92 Å². The molecule has 4 N–H and O–H groups in total. The Morgan fingerprint density at radius 2 is 1.84 bits per heavy atom. The fourth-order valence-electron chi connectivity index (χ4n) is 6.38. The number of fused-ring (bicyclic) bond motifs is 2. The van der Waals surface area contributed by atoms with Crippen LogP contribution in [0.2, 0.25) is 0 Å². The number of carbonyl (C=O) groups excluding carboxylic acids is 5. The van der Waals surface area contributed by atoms with Gasteiger partial charge >= 0.3 is 12.2 Å². The Hall–Kier alpha value is -4.28. The van der Waals surface area contributed by atoms with Crippen LogP contribution >= 0.6 is 0 Å². The lowest BCUT2D eigenvalue weighted by atomic mass is 10.0. The standard InChI is InChI=1S/C34H47FN6O9S/c1-20(25-15-12-22(35)18-36-25)37-31(45)49-23-16-27-28(42)39-34(30(44)40-51(47,48)24-13-14-24)17-21(34)10-8-6-5-7-9-11-26(29(43)41(27)19-23)38-32(46)50-33(2,3)4/h8,10,12,15,18,20-21,23-24,26-27H,5-7,9,11,13-14,16-17,19H2,1-4H3,(H,37,45)(H,38,46)(H,39,42)(H,40,44)/b10-8-/t20-,21+,23-,26+,27+,34+/m1/s1. The van der Waals surface area contributed by atoms with Gasteiger partial charge in [0, 0.05) is 12.3 Å². The summed E-state index contributed by atoms with van der Waals surface area (Å²) in [6, 6.07) is -0.371. The number of alkyl carbamates (subject to hydrolysis) is 2. The molecule has 4 aliphatic rings. The van der Waals surface area contributed by atoms with E-state index in [2.05, 4.69) is 25.7 Å². The van der Waals surface area contributed by atoms with Crippen molar-refractivity contribution in [1.82, 2.24) is 30.6 Å². The average molecular weight is 735 g/mol. The van der Waals surface area contributed by atoms with Crippen LogP contribution in [0.5, 0.6) is 0 Å². The smallest absolute Gasteiger partial charge is 0.408 e. The first-order chi connectivity index (χ1) is 24.0.